The second-order valence-electron chi connectivity index (χ2n) is 4.41. The molecule has 1 aromatic heterocycles. The third-order valence-corrected chi connectivity index (χ3v) is 3.88. The maximum Gasteiger partial charge on any atom is 0.229 e. The highest BCUT2D eigenvalue weighted by Crippen LogP contribution is 2.39. The van der Waals surface area contributed by atoms with E-state index < -0.39 is 6.04 Å². The van der Waals surface area contributed by atoms with Crippen molar-refractivity contribution in [2.75, 3.05) is 0 Å². The number of nitrogens with two attached hydrogens (primary N) is 1. The zero-order valence-corrected chi connectivity index (χ0v) is 11.8. The summed E-state index contributed by atoms with van der Waals surface area (Å²) in [4.78, 5) is 4.36. The van der Waals surface area contributed by atoms with Crippen LogP contribution in [0.3, 0.4) is 0 Å². The predicted molar refractivity (Wildman–Crippen MR) is 71.5 cm³/mol. The Bertz CT molecular complexity index is 582. The number of aromatic nitrogens is 2. The van der Waals surface area contributed by atoms with Crippen molar-refractivity contribution >= 4 is 27.5 Å². The lowest BCUT2D eigenvalue weighted by Crippen LogP contribution is -2.14. The molecule has 1 fully saturated rings. The Morgan fingerprint density at radius 3 is 2.89 bits per heavy atom. The van der Waals surface area contributed by atoms with E-state index in [1.54, 1.807) is 12.1 Å². The van der Waals surface area contributed by atoms with Crippen molar-refractivity contribution in [2.24, 2.45) is 5.73 Å². The van der Waals surface area contributed by atoms with Crippen LogP contribution in [0.25, 0.3) is 0 Å². The molecule has 1 heterocycles. The van der Waals surface area contributed by atoms with Crippen LogP contribution in [0.5, 0.6) is 0 Å². The summed E-state index contributed by atoms with van der Waals surface area (Å²) >= 11 is 9.34. The summed E-state index contributed by atoms with van der Waals surface area (Å²) in [6.07, 6.45) is 2.25. The van der Waals surface area contributed by atoms with Crippen LogP contribution in [-0.4, -0.2) is 10.1 Å². The average molecular weight is 329 g/mol. The molecule has 1 aromatic carbocycles. The Morgan fingerprint density at radius 2 is 2.22 bits per heavy atom. The van der Waals surface area contributed by atoms with Crippen molar-refractivity contribution in [3.63, 3.8) is 0 Å². The minimum atomic E-state index is -0.409. The Labute approximate surface area is 118 Å². The van der Waals surface area contributed by atoms with Gasteiger partial charge in [0.25, 0.3) is 0 Å². The molecule has 94 valence electrons. The molecular formula is C12H11BrClN3O. The summed E-state index contributed by atoms with van der Waals surface area (Å²) in [6, 6.07) is 5.06. The smallest absolute Gasteiger partial charge is 0.229 e. The van der Waals surface area contributed by atoms with E-state index in [0.29, 0.717) is 22.7 Å². The third-order valence-electron chi connectivity index (χ3n) is 2.96. The number of rotatable bonds is 3. The Balaban J connectivity index is 1.89. The molecule has 0 bridgehead atoms. The summed E-state index contributed by atoms with van der Waals surface area (Å²) in [5, 5.41) is 4.61. The van der Waals surface area contributed by atoms with E-state index in [-0.39, 0.29) is 0 Å². The molecule has 0 aliphatic heterocycles. The van der Waals surface area contributed by atoms with Crippen LogP contribution >= 0.6 is 27.5 Å². The fraction of sp³-hybridized carbons (Fsp3) is 0.333. The number of nitrogens with zero attached hydrogens (tertiary/aromatic N) is 2. The minimum Gasteiger partial charge on any atom is -0.339 e. The molecule has 0 radical (unpaired) electrons. The van der Waals surface area contributed by atoms with Crippen molar-refractivity contribution in [1.29, 1.82) is 0 Å². The molecule has 1 unspecified atom stereocenters. The summed E-state index contributed by atoms with van der Waals surface area (Å²) in [5.74, 6) is 1.65. The maximum atomic E-state index is 6.14. The number of hydrogen-bond acceptors (Lipinski definition) is 4. The van der Waals surface area contributed by atoms with Crippen molar-refractivity contribution < 1.29 is 4.52 Å². The van der Waals surface area contributed by atoms with Gasteiger partial charge < -0.3 is 10.3 Å². The molecule has 4 nitrogen and oxygen atoms in total. The molecule has 1 aliphatic carbocycles. The van der Waals surface area contributed by atoms with E-state index in [0.717, 1.165) is 22.9 Å². The molecular weight excluding hydrogens is 318 g/mol. The lowest BCUT2D eigenvalue weighted by atomic mass is 10.1. The highest BCUT2D eigenvalue weighted by Gasteiger charge is 2.30. The van der Waals surface area contributed by atoms with E-state index in [1.165, 1.54) is 0 Å². The van der Waals surface area contributed by atoms with E-state index in [9.17, 15) is 0 Å². The quantitative estimate of drug-likeness (QED) is 0.937. The van der Waals surface area contributed by atoms with Crippen LogP contribution in [0.15, 0.2) is 27.2 Å². The van der Waals surface area contributed by atoms with Gasteiger partial charge in [-0.15, -0.1) is 0 Å². The van der Waals surface area contributed by atoms with Gasteiger partial charge in [0.1, 0.15) is 0 Å². The number of hydrogen-bond donors (Lipinski definition) is 1. The van der Waals surface area contributed by atoms with Crippen molar-refractivity contribution in [2.45, 2.75) is 24.8 Å². The van der Waals surface area contributed by atoms with Crippen molar-refractivity contribution in [3.05, 3.63) is 45.0 Å². The van der Waals surface area contributed by atoms with Crippen LogP contribution in [-0.2, 0) is 0 Å². The van der Waals surface area contributed by atoms with E-state index in [2.05, 4.69) is 26.1 Å². The fourth-order valence-electron chi connectivity index (χ4n) is 1.76. The topological polar surface area (TPSA) is 64.9 Å². The highest BCUT2D eigenvalue weighted by molar-refractivity contribution is 9.10. The van der Waals surface area contributed by atoms with Gasteiger partial charge in [-0.3, -0.25) is 0 Å². The van der Waals surface area contributed by atoms with Gasteiger partial charge in [0, 0.05) is 15.4 Å². The second-order valence-corrected chi connectivity index (χ2v) is 5.70. The van der Waals surface area contributed by atoms with Crippen molar-refractivity contribution in [3.8, 4) is 0 Å². The lowest BCUT2D eigenvalue weighted by molar-refractivity contribution is 0.372. The normalized spacial score (nSPS) is 16.8. The molecule has 2 N–H and O–H groups in total. The highest BCUT2D eigenvalue weighted by atomic mass is 79.9. The zero-order valence-electron chi connectivity index (χ0n) is 9.44. The van der Waals surface area contributed by atoms with Gasteiger partial charge in [0.15, 0.2) is 5.82 Å². The first-order valence-corrected chi connectivity index (χ1v) is 6.86. The predicted octanol–water partition coefficient (Wildman–Crippen LogP) is 3.41. The fourth-order valence-corrected chi connectivity index (χ4v) is 2.69. The molecule has 6 heteroatoms. The second kappa shape index (κ2) is 4.64. The van der Waals surface area contributed by atoms with Gasteiger partial charge in [-0.05, 0) is 30.5 Å². The molecule has 2 aromatic rings. The van der Waals surface area contributed by atoms with Gasteiger partial charge in [0.05, 0.1) is 6.04 Å². The van der Waals surface area contributed by atoms with E-state index >= 15 is 0 Å². The first-order valence-electron chi connectivity index (χ1n) is 5.69. The number of halogens is 2. The average Bonchev–Trinajstić information content (AvgIpc) is 3.06. The van der Waals surface area contributed by atoms with Crippen molar-refractivity contribution in [1.82, 2.24) is 10.1 Å². The SMILES string of the molecule is NC(c1noc(C2CC2)n1)c1ccc(Cl)cc1Br. The van der Waals surface area contributed by atoms with Crippen LogP contribution < -0.4 is 5.73 Å². The molecule has 1 saturated carbocycles. The van der Waals surface area contributed by atoms with Gasteiger partial charge >= 0.3 is 0 Å². The van der Waals surface area contributed by atoms with Crippen LogP contribution in [0.2, 0.25) is 5.02 Å². The Kier molecular flexibility index (Phi) is 3.13. The monoisotopic (exact) mass is 327 g/mol. The first-order chi connectivity index (χ1) is 8.65. The molecule has 0 amide bonds. The molecule has 3 rings (SSSR count). The van der Waals surface area contributed by atoms with Crippen LogP contribution in [0.1, 0.15) is 42.1 Å². The molecule has 1 aliphatic rings. The maximum absolute atomic E-state index is 6.14. The summed E-state index contributed by atoms with van der Waals surface area (Å²) in [7, 11) is 0. The third kappa shape index (κ3) is 2.30. The van der Waals surface area contributed by atoms with E-state index in [1.807, 2.05) is 6.07 Å². The summed E-state index contributed by atoms with van der Waals surface area (Å²) in [6.45, 7) is 0. The van der Waals surface area contributed by atoms with Gasteiger partial charge in [0.2, 0.25) is 5.89 Å². The number of benzene rings is 1. The van der Waals surface area contributed by atoms with Crippen LogP contribution in [0.4, 0.5) is 0 Å². The Morgan fingerprint density at radius 1 is 1.44 bits per heavy atom. The minimum absolute atomic E-state index is 0.409. The standard InChI is InChI=1S/C12H11BrClN3O/c13-9-5-7(14)3-4-8(9)10(15)11-16-12(18-17-11)6-1-2-6/h3-6,10H,1-2,15H2. The largest absolute Gasteiger partial charge is 0.339 e. The molecule has 0 saturated heterocycles. The molecule has 0 spiro atoms. The molecule has 1 atom stereocenters. The summed E-state index contributed by atoms with van der Waals surface area (Å²) < 4.78 is 6.06. The Hall–Kier alpha value is -0.910. The summed E-state index contributed by atoms with van der Waals surface area (Å²) in [5.41, 5.74) is 7.03. The van der Waals surface area contributed by atoms with Gasteiger partial charge in [-0.25, -0.2) is 0 Å². The van der Waals surface area contributed by atoms with Crippen LogP contribution in [0, 0.1) is 0 Å². The van der Waals surface area contributed by atoms with E-state index in [4.69, 9.17) is 21.9 Å². The molecule has 18 heavy (non-hydrogen) atoms. The van der Waals surface area contributed by atoms with Gasteiger partial charge in [-0.1, -0.05) is 38.8 Å². The lowest BCUT2D eigenvalue weighted by Gasteiger charge is -2.09. The first kappa shape index (κ1) is 12.1. The van der Waals surface area contributed by atoms with Gasteiger partial charge in [-0.2, -0.15) is 4.98 Å². The zero-order chi connectivity index (χ0) is 12.7.